The molecule has 0 aliphatic carbocycles. The number of para-hydroxylation sites is 1. The van der Waals surface area contributed by atoms with E-state index in [9.17, 15) is 0 Å². The molecule has 0 saturated heterocycles. The van der Waals surface area contributed by atoms with E-state index < -0.39 is 0 Å². The molecule has 3 heteroatoms. The number of rotatable bonds is 6. The van der Waals surface area contributed by atoms with Crippen molar-refractivity contribution in [2.24, 2.45) is 0 Å². The Labute approximate surface area is 118 Å². The summed E-state index contributed by atoms with van der Waals surface area (Å²) in [5.74, 6) is 0. The van der Waals surface area contributed by atoms with Crippen molar-refractivity contribution in [2.45, 2.75) is 6.42 Å². The number of nitrogens with one attached hydrogen (secondary N) is 1. The zero-order chi connectivity index (χ0) is 13.8. The fourth-order valence-electron chi connectivity index (χ4n) is 2.40. The highest BCUT2D eigenvalue weighted by Crippen LogP contribution is 2.29. The van der Waals surface area contributed by atoms with Gasteiger partial charge in [-0.3, -0.25) is 0 Å². The Morgan fingerprint density at radius 3 is 2.75 bits per heavy atom. The van der Waals surface area contributed by atoms with Gasteiger partial charge in [0.25, 0.3) is 0 Å². The van der Waals surface area contributed by atoms with Crippen LogP contribution < -0.4 is 5.32 Å². The van der Waals surface area contributed by atoms with Gasteiger partial charge in [-0.1, -0.05) is 24.3 Å². The molecular formula is C17H19NO2. The van der Waals surface area contributed by atoms with Crippen LogP contribution in [-0.2, 0) is 11.2 Å². The maximum Gasteiger partial charge on any atom is 0.135 e. The third-order valence-corrected chi connectivity index (χ3v) is 3.47. The summed E-state index contributed by atoms with van der Waals surface area (Å²) in [5, 5.41) is 5.44. The van der Waals surface area contributed by atoms with Crippen molar-refractivity contribution >= 4 is 21.9 Å². The minimum absolute atomic E-state index is 0.753. The smallest absolute Gasteiger partial charge is 0.135 e. The van der Waals surface area contributed by atoms with E-state index in [1.54, 1.807) is 0 Å². The Morgan fingerprint density at radius 2 is 1.85 bits per heavy atom. The van der Waals surface area contributed by atoms with Gasteiger partial charge in [0.15, 0.2) is 0 Å². The standard InChI is InChI=1S/C17H19NO2/c1-18-9-11-19-10-8-13-6-7-17-15(12-13)14-4-2-3-5-16(14)20-17/h2-7,12,18H,8-11H2,1H3. The first-order chi connectivity index (χ1) is 9.88. The average molecular weight is 269 g/mol. The summed E-state index contributed by atoms with van der Waals surface area (Å²) in [4.78, 5) is 0. The highest BCUT2D eigenvalue weighted by Gasteiger charge is 2.06. The Balaban J connectivity index is 1.77. The van der Waals surface area contributed by atoms with Gasteiger partial charge in [0.2, 0.25) is 0 Å². The molecule has 1 aromatic heterocycles. The van der Waals surface area contributed by atoms with Crippen LogP contribution >= 0.6 is 0 Å². The van der Waals surface area contributed by atoms with Crippen molar-refractivity contribution in [3.63, 3.8) is 0 Å². The number of hydrogen-bond acceptors (Lipinski definition) is 3. The molecule has 3 rings (SSSR count). The Morgan fingerprint density at radius 1 is 1.00 bits per heavy atom. The molecule has 3 nitrogen and oxygen atoms in total. The second-order valence-corrected chi connectivity index (χ2v) is 4.89. The van der Waals surface area contributed by atoms with Crippen LogP contribution in [0.2, 0.25) is 0 Å². The molecule has 0 amide bonds. The van der Waals surface area contributed by atoms with Crippen LogP contribution in [0, 0.1) is 0 Å². The molecule has 1 N–H and O–H groups in total. The van der Waals surface area contributed by atoms with E-state index in [1.165, 1.54) is 16.3 Å². The van der Waals surface area contributed by atoms with Gasteiger partial charge in [0.05, 0.1) is 13.2 Å². The summed E-state index contributed by atoms with van der Waals surface area (Å²) in [5.41, 5.74) is 3.18. The summed E-state index contributed by atoms with van der Waals surface area (Å²) >= 11 is 0. The number of furan rings is 1. The Bertz CT molecular complexity index is 702. The molecule has 0 spiro atoms. The highest BCUT2D eigenvalue weighted by atomic mass is 16.5. The average Bonchev–Trinajstić information content (AvgIpc) is 2.85. The topological polar surface area (TPSA) is 34.4 Å². The predicted molar refractivity (Wildman–Crippen MR) is 82.2 cm³/mol. The molecule has 0 aliphatic rings. The van der Waals surface area contributed by atoms with Crippen LogP contribution in [0.15, 0.2) is 46.9 Å². The first kappa shape index (κ1) is 13.2. The molecule has 0 radical (unpaired) electrons. The molecule has 3 aromatic rings. The van der Waals surface area contributed by atoms with Crippen molar-refractivity contribution < 1.29 is 9.15 Å². The van der Waals surface area contributed by atoms with Crippen molar-refractivity contribution in [1.29, 1.82) is 0 Å². The largest absolute Gasteiger partial charge is 0.456 e. The fraction of sp³-hybridized carbons (Fsp3) is 0.294. The maximum atomic E-state index is 5.83. The Kier molecular flexibility index (Phi) is 4.00. The minimum atomic E-state index is 0.753. The molecule has 104 valence electrons. The van der Waals surface area contributed by atoms with Crippen LogP contribution in [0.4, 0.5) is 0 Å². The predicted octanol–water partition coefficient (Wildman–Crippen LogP) is 3.36. The molecule has 20 heavy (non-hydrogen) atoms. The van der Waals surface area contributed by atoms with Gasteiger partial charge in [-0.2, -0.15) is 0 Å². The third-order valence-electron chi connectivity index (χ3n) is 3.47. The lowest BCUT2D eigenvalue weighted by Crippen LogP contribution is -2.15. The van der Waals surface area contributed by atoms with E-state index in [0.29, 0.717) is 0 Å². The van der Waals surface area contributed by atoms with Gasteiger partial charge >= 0.3 is 0 Å². The maximum absolute atomic E-state index is 5.83. The van der Waals surface area contributed by atoms with Crippen molar-refractivity contribution in [3.05, 3.63) is 48.0 Å². The summed E-state index contributed by atoms with van der Waals surface area (Å²) in [6, 6.07) is 14.5. The summed E-state index contributed by atoms with van der Waals surface area (Å²) in [6.07, 6.45) is 0.930. The molecular weight excluding hydrogens is 250 g/mol. The molecule has 0 bridgehead atoms. The molecule has 0 fully saturated rings. The molecule has 0 unspecified atom stereocenters. The zero-order valence-electron chi connectivity index (χ0n) is 11.7. The normalized spacial score (nSPS) is 11.4. The SMILES string of the molecule is CNCCOCCc1ccc2oc3ccccc3c2c1. The van der Waals surface area contributed by atoms with Gasteiger partial charge in [-0.25, -0.2) is 0 Å². The first-order valence-electron chi connectivity index (χ1n) is 7.01. The van der Waals surface area contributed by atoms with E-state index in [2.05, 4.69) is 29.6 Å². The van der Waals surface area contributed by atoms with Crippen LogP contribution in [0.25, 0.3) is 21.9 Å². The molecule has 0 saturated carbocycles. The second kappa shape index (κ2) is 6.07. The first-order valence-corrected chi connectivity index (χ1v) is 7.01. The van der Waals surface area contributed by atoms with Crippen molar-refractivity contribution in [2.75, 3.05) is 26.8 Å². The molecule has 0 aliphatic heterocycles. The summed E-state index contributed by atoms with van der Waals surface area (Å²) in [6.45, 7) is 2.40. The van der Waals surface area contributed by atoms with E-state index >= 15 is 0 Å². The number of hydrogen-bond donors (Lipinski definition) is 1. The number of fused-ring (bicyclic) bond motifs is 3. The quantitative estimate of drug-likeness (QED) is 0.697. The van der Waals surface area contributed by atoms with Gasteiger partial charge in [-0.15, -0.1) is 0 Å². The van der Waals surface area contributed by atoms with Crippen LogP contribution in [0.3, 0.4) is 0 Å². The highest BCUT2D eigenvalue weighted by molar-refractivity contribution is 6.04. The molecule has 0 atom stereocenters. The van der Waals surface area contributed by atoms with Crippen LogP contribution in [-0.4, -0.2) is 26.8 Å². The Hall–Kier alpha value is -1.84. The van der Waals surface area contributed by atoms with Gasteiger partial charge in [0, 0.05) is 17.3 Å². The fourth-order valence-corrected chi connectivity index (χ4v) is 2.40. The van der Waals surface area contributed by atoms with Crippen molar-refractivity contribution in [1.82, 2.24) is 5.32 Å². The van der Waals surface area contributed by atoms with Gasteiger partial charge in [-0.05, 0) is 37.2 Å². The number of likely N-dealkylation sites (N-methyl/N-ethyl adjacent to an activating group) is 1. The van der Waals surface area contributed by atoms with Crippen molar-refractivity contribution in [3.8, 4) is 0 Å². The number of ether oxygens (including phenoxy) is 1. The van der Waals surface area contributed by atoms with Gasteiger partial charge < -0.3 is 14.5 Å². The molecule has 2 aromatic carbocycles. The lowest BCUT2D eigenvalue weighted by molar-refractivity contribution is 0.140. The number of benzene rings is 2. The van der Waals surface area contributed by atoms with E-state index in [4.69, 9.17) is 9.15 Å². The third kappa shape index (κ3) is 2.69. The van der Waals surface area contributed by atoms with Crippen LogP contribution in [0.1, 0.15) is 5.56 Å². The summed E-state index contributed by atoms with van der Waals surface area (Å²) in [7, 11) is 1.93. The van der Waals surface area contributed by atoms with Gasteiger partial charge in [0.1, 0.15) is 11.2 Å². The van der Waals surface area contributed by atoms with E-state index in [0.717, 1.165) is 37.3 Å². The summed E-state index contributed by atoms with van der Waals surface area (Å²) < 4.78 is 11.4. The van der Waals surface area contributed by atoms with E-state index in [1.807, 2.05) is 25.2 Å². The second-order valence-electron chi connectivity index (χ2n) is 4.89. The monoisotopic (exact) mass is 269 g/mol. The van der Waals surface area contributed by atoms with E-state index in [-0.39, 0.29) is 0 Å². The zero-order valence-corrected chi connectivity index (χ0v) is 11.7. The lowest BCUT2D eigenvalue weighted by Gasteiger charge is -2.04. The lowest BCUT2D eigenvalue weighted by atomic mass is 10.1. The van der Waals surface area contributed by atoms with Crippen LogP contribution in [0.5, 0.6) is 0 Å². The minimum Gasteiger partial charge on any atom is -0.456 e. The molecule has 1 heterocycles.